The number of nitrogens with zero attached hydrogens (tertiary/aromatic N) is 3. The van der Waals surface area contributed by atoms with Gasteiger partial charge >= 0.3 is 0 Å². The van der Waals surface area contributed by atoms with E-state index in [9.17, 15) is 8.42 Å². The maximum absolute atomic E-state index is 11.7. The molecule has 2 heterocycles. The summed E-state index contributed by atoms with van der Waals surface area (Å²) >= 11 is 1.56. The van der Waals surface area contributed by atoms with Gasteiger partial charge < -0.3 is 4.90 Å². The van der Waals surface area contributed by atoms with Gasteiger partial charge in [-0.3, -0.25) is 0 Å². The molecule has 0 N–H and O–H groups in total. The van der Waals surface area contributed by atoms with Crippen molar-refractivity contribution >= 4 is 26.3 Å². The Morgan fingerprint density at radius 3 is 2.50 bits per heavy atom. The Balaban J connectivity index is 2.17. The zero-order valence-electron chi connectivity index (χ0n) is 11.2. The van der Waals surface area contributed by atoms with Crippen molar-refractivity contribution in [1.82, 2.24) is 10.2 Å². The van der Waals surface area contributed by atoms with E-state index >= 15 is 0 Å². The number of hydrogen-bond acceptors (Lipinski definition) is 6. The molecular weight excluding hydrogens is 270 g/mol. The summed E-state index contributed by atoms with van der Waals surface area (Å²) in [5, 5.41) is 9.88. The Bertz CT molecular complexity index is 531. The highest BCUT2D eigenvalue weighted by Crippen LogP contribution is 2.30. The van der Waals surface area contributed by atoms with Crippen molar-refractivity contribution in [3.63, 3.8) is 0 Å². The minimum atomic E-state index is -2.91. The fourth-order valence-electron chi connectivity index (χ4n) is 1.77. The van der Waals surface area contributed by atoms with Crippen LogP contribution in [0.15, 0.2) is 0 Å². The molecule has 0 amide bonds. The van der Waals surface area contributed by atoms with Crippen LogP contribution in [0, 0.1) is 0 Å². The molecule has 0 spiro atoms. The fraction of sp³-hybridized carbons (Fsp3) is 0.818. The number of sulfone groups is 1. The number of anilines is 1. The van der Waals surface area contributed by atoms with E-state index in [1.54, 1.807) is 18.3 Å². The van der Waals surface area contributed by atoms with Gasteiger partial charge in [-0.15, -0.1) is 10.2 Å². The minimum absolute atomic E-state index is 0.0105. The van der Waals surface area contributed by atoms with Crippen LogP contribution in [-0.4, -0.2) is 42.7 Å². The highest BCUT2D eigenvalue weighted by atomic mass is 32.2. The summed E-state index contributed by atoms with van der Waals surface area (Å²) in [5.41, 5.74) is -0.0105. The van der Waals surface area contributed by atoms with Gasteiger partial charge in [-0.2, -0.15) is 0 Å². The van der Waals surface area contributed by atoms with Crippen LogP contribution in [0.3, 0.4) is 0 Å². The topological polar surface area (TPSA) is 63.2 Å². The van der Waals surface area contributed by atoms with E-state index in [-0.39, 0.29) is 16.4 Å². The normalized spacial score (nSPS) is 24.2. The van der Waals surface area contributed by atoms with Crippen LogP contribution in [0.5, 0.6) is 0 Å². The van der Waals surface area contributed by atoms with Crippen molar-refractivity contribution in [2.75, 3.05) is 23.7 Å². The lowest BCUT2D eigenvalue weighted by atomic mass is 9.98. The summed E-state index contributed by atoms with van der Waals surface area (Å²) < 4.78 is 23.3. The van der Waals surface area contributed by atoms with Gasteiger partial charge in [0.25, 0.3) is 0 Å². The Kier molecular flexibility index (Phi) is 3.40. The first kappa shape index (κ1) is 13.7. The third kappa shape index (κ3) is 2.66. The van der Waals surface area contributed by atoms with Gasteiger partial charge in [-0.25, -0.2) is 8.42 Å². The van der Waals surface area contributed by atoms with Crippen molar-refractivity contribution in [2.24, 2.45) is 0 Å². The molecule has 5 nitrogen and oxygen atoms in total. The highest BCUT2D eigenvalue weighted by molar-refractivity contribution is 7.92. The van der Waals surface area contributed by atoms with Gasteiger partial charge in [0.1, 0.15) is 5.01 Å². The monoisotopic (exact) mass is 289 g/mol. The van der Waals surface area contributed by atoms with Gasteiger partial charge in [0.05, 0.1) is 11.0 Å². The lowest BCUT2D eigenvalue weighted by Crippen LogP contribution is -2.45. The maximum atomic E-state index is 11.7. The summed E-state index contributed by atoms with van der Waals surface area (Å²) in [6.07, 6.45) is 0. The molecule has 0 aromatic carbocycles. The number of rotatable bonds is 1. The molecule has 0 aliphatic carbocycles. The summed E-state index contributed by atoms with van der Waals surface area (Å²) in [4.78, 5) is 2.03. The summed E-state index contributed by atoms with van der Waals surface area (Å²) in [6, 6.07) is 0. The summed E-state index contributed by atoms with van der Waals surface area (Å²) in [5.74, 6) is 0.207. The Hall–Kier alpha value is -0.690. The summed E-state index contributed by atoms with van der Waals surface area (Å²) in [6.45, 7) is 9.08. The third-order valence-electron chi connectivity index (χ3n) is 3.06. The zero-order chi connectivity index (χ0) is 13.6. The molecular formula is C11H19N3O2S2. The Labute approximate surface area is 112 Å². The molecule has 0 saturated carbocycles. The number of hydrogen-bond donors (Lipinski definition) is 0. The maximum Gasteiger partial charge on any atom is 0.208 e. The van der Waals surface area contributed by atoms with Gasteiger partial charge in [0, 0.05) is 18.5 Å². The van der Waals surface area contributed by atoms with Crippen molar-refractivity contribution in [3.8, 4) is 0 Å². The predicted octanol–water partition coefficient (Wildman–Crippen LogP) is 1.46. The molecule has 0 radical (unpaired) electrons. The zero-order valence-corrected chi connectivity index (χ0v) is 12.8. The Morgan fingerprint density at radius 1 is 1.33 bits per heavy atom. The van der Waals surface area contributed by atoms with Crippen LogP contribution in [0.25, 0.3) is 0 Å². The van der Waals surface area contributed by atoms with Crippen LogP contribution < -0.4 is 4.90 Å². The largest absolute Gasteiger partial charge is 0.344 e. The van der Waals surface area contributed by atoms with Crippen LogP contribution in [0.4, 0.5) is 5.13 Å². The Morgan fingerprint density at radius 2 is 2.00 bits per heavy atom. The average Bonchev–Trinajstić information content (AvgIpc) is 2.70. The molecule has 1 aliphatic rings. The van der Waals surface area contributed by atoms with E-state index in [0.29, 0.717) is 13.1 Å². The van der Waals surface area contributed by atoms with E-state index < -0.39 is 9.84 Å². The van der Waals surface area contributed by atoms with Crippen molar-refractivity contribution in [1.29, 1.82) is 0 Å². The smallest absolute Gasteiger partial charge is 0.208 e. The standard InChI is InChI=1S/C11H19N3O2S2/c1-8-7-14(5-6-18(8,15)16)10-13-12-9(17-10)11(2,3)4/h8H,5-7H2,1-4H3. The lowest BCUT2D eigenvalue weighted by molar-refractivity contribution is 0.568. The molecule has 1 fully saturated rings. The number of aromatic nitrogens is 2. The highest BCUT2D eigenvalue weighted by Gasteiger charge is 2.31. The van der Waals surface area contributed by atoms with Crippen LogP contribution in [-0.2, 0) is 15.3 Å². The molecule has 1 aliphatic heterocycles. The van der Waals surface area contributed by atoms with Crippen LogP contribution >= 0.6 is 11.3 Å². The first-order valence-electron chi connectivity index (χ1n) is 6.00. The second kappa shape index (κ2) is 4.45. The molecule has 1 atom stereocenters. The molecule has 102 valence electrons. The van der Waals surface area contributed by atoms with Crippen molar-refractivity contribution in [3.05, 3.63) is 5.01 Å². The molecule has 2 rings (SSSR count). The SMILES string of the molecule is CC1CN(c2nnc(C(C)(C)C)s2)CCS1(=O)=O. The molecule has 1 aromatic heterocycles. The van der Waals surface area contributed by atoms with Gasteiger partial charge in [0.2, 0.25) is 5.13 Å². The van der Waals surface area contributed by atoms with E-state index in [1.807, 2.05) is 4.90 Å². The first-order chi connectivity index (χ1) is 8.20. The average molecular weight is 289 g/mol. The predicted molar refractivity (Wildman–Crippen MR) is 74.1 cm³/mol. The molecule has 1 unspecified atom stereocenters. The lowest BCUT2D eigenvalue weighted by Gasteiger charge is -2.30. The fourth-order valence-corrected chi connectivity index (χ4v) is 4.00. The van der Waals surface area contributed by atoms with Gasteiger partial charge in [0.15, 0.2) is 9.84 Å². The van der Waals surface area contributed by atoms with E-state index in [2.05, 4.69) is 31.0 Å². The minimum Gasteiger partial charge on any atom is -0.344 e. The quantitative estimate of drug-likeness (QED) is 0.783. The van der Waals surface area contributed by atoms with Crippen LogP contribution in [0.2, 0.25) is 0 Å². The summed E-state index contributed by atoms with van der Waals surface area (Å²) in [7, 11) is -2.91. The first-order valence-corrected chi connectivity index (χ1v) is 8.54. The second-order valence-electron chi connectivity index (χ2n) is 5.76. The van der Waals surface area contributed by atoms with E-state index in [1.165, 1.54) is 0 Å². The van der Waals surface area contributed by atoms with Crippen molar-refractivity contribution < 1.29 is 8.42 Å². The van der Waals surface area contributed by atoms with Crippen molar-refractivity contribution in [2.45, 2.75) is 38.4 Å². The molecule has 0 bridgehead atoms. The van der Waals surface area contributed by atoms with Gasteiger partial charge in [-0.05, 0) is 6.92 Å². The molecule has 18 heavy (non-hydrogen) atoms. The van der Waals surface area contributed by atoms with E-state index in [4.69, 9.17) is 0 Å². The second-order valence-corrected chi connectivity index (χ2v) is 9.26. The molecule has 1 aromatic rings. The van der Waals surface area contributed by atoms with Crippen LogP contribution in [0.1, 0.15) is 32.7 Å². The van der Waals surface area contributed by atoms with E-state index in [0.717, 1.165) is 10.1 Å². The van der Waals surface area contributed by atoms with Gasteiger partial charge in [-0.1, -0.05) is 32.1 Å². The molecule has 1 saturated heterocycles. The third-order valence-corrected chi connectivity index (χ3v) is 6.60. The molecule has 7 heteroatoms.